The van der Waals surface area contributed by atoms with Crippen molar-refractivity contribution in [2.24, 2.45) is 4.99 Å². The number of nitrogens with zero attached hydrogens (tertiary/aromatic N) is 1. The summed E-state index contributed by atoms with van der Waals surface area (Å²) in [4.78, 5) is 3.98. The summed E-state index contributed by atoms with van der Waals surface area (Å²) >= 11 is 0. The summed E-state index contributed by atoms with van der Waals surface area (Å²) in [6.07, 6.45) is 2.00. The smallest absolute Gasteiger partial charge is 0.0330 e. The average molecular weight is 126 g/mol. The van der Waals surface area contributed by atoms with E-state index in [1.54, 1.807) is 7.05 Å². The third-order valence-electron chi connectivity index (χ3n) is 1.17. The molecule has 52 valence electrons. The largest absolute Gasteiger partial charge is 0.392 e. The number of rotatable bonds is 2. The van der Waals surface area contributed by atoms with Gasteiger partial charge < -0.3 is 5.32 Å². The van der Waals surface area contributed by atoms with Gasteiger partial charge in [0.25, 0.3) is 0 Å². The van der Waals surface area contributed by atoms with Gasteiger partial charge in [-0.15, -0.1) is 0 Å². The van der Waals surface area contributed by atoms with Crippen molar-refractivity contribution in [1.82, 2.24) is 5.32 Å². The van der Waals surface area contributed by atoms with Crippen LogP contribution in [0.3, 0.4) is 0 Å². The lowest BCUT2D eigenvalue weighted by molar-refractivity contribution is 0.992. The van der Waals surface area contributed by atoms with E-state index in [2.05, 4.69) is 10.3 Å². The second kappa shape index (κ2) is 4.13. The van der Waals surface area contributed by atoms with Gasteiger partial charge in [0, 0.05) is 25.5 Å². The first-order chi connectivity index (χ1) is 4.20. The molecule has 0 aromatic rings. The molecule has 0 aliphatic rings. The van der Waals surface area contributed by atoms with Crippen molar-refractivity contribution >= 4 is 5.71 Å². The summed E-state index contributed by atoms with van der Waals surface area (Å²) in [6, 6.07) is 0. The van der Waals surface area contributed by atoms with Gasteiger partial charge in [-0.3, -0.25) is 4.99 Å². The van der Waals surface area contributed by atoms with Gasteiger partial charge in [0.2, 0.25) is 0 Å². The Kier molecular flexibility index (Phi) is 3.76. The van der Waals surface area contributed by atoms with Crippen LogP contribution in [-0.4, -0.2) is 19.8 Å². The quantitative estimate of drug-likeness (QED) is 0.552. The topological polar surface area (TPSA) is 24.4 Å². The van der Waals surface area contributed by atoms with Crippen LogP contribution in [0.25, 0.3) is 0 Å². The Hall–Kier alpha value is -0.790. The minimum atomic E-state index is 1.04. The summed E-state index contributed by atoms with van der Waals surface area (Å²) in [5.41, 5.74) is 2.18. The summed E-state index contributed by atoms with van der Waals surface area (Å²) in [5, 5.41) is 3.01. The van der Waals surface area contributed by atoms with Crippen molar-refractivity contribution < 1.29 is 0 Å². The van der Waals surface area contributed by atoms with Crippen LogP contribution in [0.2, 0.25) is 0 Å². The molecule has 0 unspecified atom stereocenters. The highest BCUT2D eigenvalue weighted by atomic mass is 14.8. The molecule has 0 spiro atoms. The van der Waals surface area contributed by atoms with Crippen LogP contribution in [-0.2, 0) is 0 Å². The van der Waals surface area contributed by atoms with Gasteiger partial charge in [0.05, 0.1) is 0 Å². The highest BCUT2D eigenvalue weighted by Gasteiger charge is 1.82. The first-order valence-corrected chi connectivity index (χ1v) is 3.00. The van der Waals surface area contributed by atoms with Gasteiger partial charge in [0.1, 0.15) is 0 Å². The molecular weight excluding hydrogens is 112 g/mol. The van der Waals surface area contributed by atoms with Crippen molar-refractivity contribution in [2.75, 3.05) is 14.1 Å². The van der Waals surface area contributed by atoms with E-state index >= 15 is 0 Å². The fourth-order valence-corrected chi connectivity index (χ4v) is 0.450. The van der Waals surface area contributed by atoms with E-state index in [0.29, 0.717) is 0 Å². The lowest BCUT2D eigenvalue weighted by atomic mass is 10.3. The van der Waals surface area contributed by atoms with Gasteiger partial charge in [-0.05, 0) is 19.9 Å². The molecule has 0 rings (SSSR count). The maximum Gasteiger partial charge on any atom is 0.0330 e. The van der Waals surface area contributed by atoms with Crippen molar-refractivity contribution in [1.29, 1.82) is 0 Å². The standard InChI is InChI=1S/C7H14N2/c1-6(8-3)5-7(2)9-4/h5,8H,1-4H3/b6-5-,9-7-. The maximum absolute atomic E-state index is 3.98. The number of aliphatic imine (C=N–C) groups is 1. The molecule has 0 aromatic heterocycles. The van der Waals surface area contributed by atoms with E-state index in [1.807, 2.05) is 27.0 Å². The lowest BCUT2D eigenvalue weighted by Gasteiger charge is -1.96. The Labute approximate surface area is 56.7 Å². The van der Waals surface area contributed by atoms with Crippen LogP contribution in [0.5, 0.6) is 0 Å². The van der Waals surface area contributed by atoms with E-state index in [1.165, 1.54) is 0 Å². The SMILES string of the molecule is C/N=C(C)\C=C(\C)NC. The summed E-state index contributed by atoms with van der Waals surface area (Å²) in [6.45, 7) is 3.98. The summed E-state index contributed by atoms with van der Waals surface area (Å²) < 4.78 is 0. The number of allylic oxidation sites excluding steroid dienone is 2. The maximum atomic E-state index is 3.98. The molecule has 0 aliphatic carbocycles. The van der Waals surface area contributed by atoms with Crippen LogP contribution < -0.4 is 5.32 Å². The Morgan fingerprint density at radius 3 is 2.33 bits per heavy atom. The molecule has 0 atom stereocenters. The van der Waals surface area contributed by atoms with Crippen molar-refractivity contribution in [2.45, 2.75) is 13.8 Å². The molecule has 9 heavy (non-hydrogen) atoms. The molecule has 0 bridgehead atoms. The zero-order chi connectivity index (χ0) is 7.28. The van der Waals surface area contributed by atoms with Crippen LogP contribution in [0.15, 0.2) is 16.8 Å². The van der Waals surface area contributed by atoms with Crippen LogP contribution in [0, 0.1) is 0 Å². The fraction of sp³-hybridized carbons (Fsp3) is 0.571. The molecule has 2 heteroatoms. The first-order valence-electron chi connectivity index (χ1n) is 3.00. The zero-order valence-electron chi connectivity index (χ0n) is 6.52. The predicted octanol–water partition coefficient (Wildman–Crippen LogP) is 1.20. The van der Waals surface area contributed by atoms with E-state index in [4.69, 9.17) is 0 Å². The number of nitrogens with one attached hydrogen (secondary N) is 1. The third-order valence-corrected chi connectivity index (χ3v) is 1.17. The molecule has 0 radical (unpaired) electrons. The summed E-state index contributed by atoms with van der Waals surface area (Å²) in [5.74, 6) is 0. The van der Waals surface area contributed by atoms with E-state index in [9.17, 15) is 0 Å². The minimum Gasteiger partial charge on any atom is -0.392 e. The van der Waals surface area contributed by atoms with Crippen LogP contribution in [0.4, 0.5) is 0 Å². The highest BCUT2D eigenvalue weighted by Crippen LogP contribution is 1.85. The van der Waals surface area contributed by atoms with Crippen molar-refractivity contribution in [3.8, 4) is 0 Å². The van der Waals surface area contributed by atoms with E-state index in [-0.39, 0.29) is 0 Å². The Balaban J connectivity index is 3.95. The van der Waals surface area contributed by atoms with Crippen LogP contribution >= 0.6 is 0 Å². The Bertz CT molecular complexity index is 134. The molecule has 0 fully saturated rings. The van der Waals surface area contributed by atoms with Gasteiger partial charge in [-0.2, -0.15) is 0 Å². The number of hydrogen-bond acceptors (Lipinski definition) is 2. The second-order valence-electron chi connectivity index (χ2n) is 1.94. The van der Waals surface area contributed by atoms with Crippen molar-refractivity contribution in [3.63, 3.8) is 0 Å². The van der Waals surface area contributed by atoms with E-state index < -0.39 is 0 Å². The highest BCUT2D eigenvalue weighted by molar-refractivity contribution is 5.93. The van der Waals surface area contributed by atoms with Crippen LogP contribution in [0.1, 0.15) is 13.8 Å². The van der Waals surface area contributed by atoms with Gasteiger partial charge in [-0.25, -0.2) is 0 Å². The summed E-state index contributed by atoms with van der Waals surface area (Å²) in [7, 11) is 3.68. The molecule has 0 amide bonds. The molecule has 0 saturated heterocycles. The van der Waals surface area contributed by atoms with Gasteiger partial charge in [-0.1, -0.05) is 0 Å². The minimum absolute atomic E-state index is 1.04. The Morgan fingerprint density at radius 1 is 1.44 bits per heavy atom. The predicted molar refractivity (Wildman–Crippen MR) is 41.8 cm³/mol. The molecular formula is C7H14N2. The zero-order valence-corrected chi connectivity index (χ0v) is 6.52. The molecule has 2 nitrogen and oxygen atoms in total. The third kappa shape index (κ3) is 3.76. The lowest BCUT2D eigenvalue weighted by Crippen LogP contribution is -2.03. The molecule has 0 saturated carbocycles. The normalized spacial score (nSPS) is 13.8. The average Bonchev–Trinajstić information content (AvgIpc) is 1.87. The van der Waals surface area contributed by atoms with E-state index in [0.717, 1.165) is 11.4 Å². The monoisotopic (exact) mass is 126 g/mol. The number of hydrogen-bond donors (Lipinski definition) is 1. The van der Waals surface area contributed by atoms with Gasteiger partial charge >= 0.3 is 0 Å². The molecule has 0 aliphatic heterocycles. The molecule has 0 aromatic carbocycles. The second-order valence-corrected chi connectivity index (χ2v) is 1.94. The van der Waals surface area contributed by atoms with Crippen molar-refractivity contribution in [3.05, 3.63) is 11.8 Å². The first kappa shape index (κ1) is 8.21. The molecule has 0 heterocycles. The van der Waals surface area contributed by atoms with Gasteiger partial charge in [0.15, 0.2) is 0 Å². The fourth-order valence-electron chi connectivity index (χ4n) is 0.450. The molecule has 1 N–H and O–H groups in total. The Morgan fingerprint density at radius 2 is 2.00 bits per heavy atom.